The van der Waals surface area contributed by atoms with E-state index < -0.39 is 12.0 Å². The molecule has 0 aromatic rings. The minimum atomic E-state index is -0.968. The van der Waals surface area contributed by atoms with Gasteiger partial charge in [-0.1, -0.05) is 39.8 Å². The summed E-state index contributed by atoms with van der Waals surface area (Å²) in [6.45, 7) is 8.96. The maximum atomic E-state index is 10.7. The van der Waals surface area contributed by atoms with Gasteiger partial charge in [0, 0.05) is 0 Å². The van der Waals surface area contributed by atoms with E-state index in [9.17, 15) is 4.79 Å². The molecule has 3 heteroatoms. The van der Waals surface area contributed by atoms with Crippen LogP contribution in [0.4, 0.5) is 0 Å². The van der Waals surface area contributed by atoms with Gasteiger partial charge in [-0.25, -0.2) is 0 Å². The molecule has 0 spiro atoms. The van der Waals surface area contributed by atoms with Gasteiger partial charge < -0.3 is 10.8 Å². The first-order valence-electron chi connectivity index (χ1n) is 5.83. The molecule has 3 N–H and O–H groups in total. The number of hydrogen-bond acceptors (Lipinski definition) is 2. The van der Waals surface area contributed by atoms with Gasteiger partial charge >= 0.3 is 5.97 Å². The third-order valence-electron chi connectivity index (χ3n) is 3.89. The molecule has 1 rings (SSSR count). The van der Waals surface area contributed by atoms with Crippen LogP contribution in [0.3, 0.4) is 0 Å². The molecular formula is C13H23NO2. The van der Waals surface area contributed by atoms with Gasteiger partial charge in [-0.3, -0.25) is 4.79 Å². The Kier molecular flexibility index (Phi) is 3.48. The smallest absolute Gasteiger partial charge is 0.324 e. The van der Waals surface area contributed by atoms with E-state index in [4.69, 9.17) is 10.8 Å². The van der Waals surface area contributed by atoms with Gasteiger partial charge in [0.05, 0.1) is 0 Å². The molecule has 0 radical (unpaired) electrons. The van der Waals surface area contributed by atoms with E-state index in [1.807, 2.05) is 6.08 Å². The Hall–Kier alpha value is -0.830. The van der Waals surface area contributed by atoms with Crippen LogP contribution < -0.4 is 5.73 Å². The first-order chi connectivity index (χ1) is 7.17. The van der Waals surface area contributed by atoms with Crippen molar-refractivity contribution in [2.75, 3.05) is 0 Å². The van der Waals surface area contributed by atoms with Gasteiger partial charge in [0.15, 0.2) is 0 Å². The Morgan fingerprint density at radius 1 is 1.31 bits per heavy atom. The highest BCUT2D eigenvalue weighted by atomic mass is 16.4. The molecule has 92 valence electrons. The molecule has 0 saturated heterocycles. The summed E-state index contributed by atoms with van der Waals surface area (Å²) in [5, 5.41) is 8.74. The van der Waals surface area contributed by atoms with E-state index in [1.165, 1.54) is 12.8 Å². The minimum Gasteiger partial charge on any atom is -0.480 e. The third kappa shape index (κ3) is 2.64. The molecule has 0 aromatic heterocycles. The number of aliphatic carboxylic acids is 1. The van der Waals surface area contributed by atoms with Crippen LogP contribution in [0.5, 0.6) is 0 Å². The molecule has 3 nitrogen and oxygen atoms in total. The number of allylic oxidation sites excluding steroid dienone is 1. The van der Waals surface area contributed by atoms with Gasteiger partial charge in [-0.2, -0.15) is 0 Å². The monoisotopic (exact) mass is 225 g/mol. The number of carbonyl (C=O) groups is 1. The quantitative estimate of drug-likeness (QED) is 0.725. The van der Waals surface area contributed by atoms with Gasteiger partial charge in [-0.05, 0) is 29.6 Å². The van der Waals surface area contributed by atoms with E-state index >= 15 is 0 Å². The van der Waals surface area contributed by atoms with Crippen molar-refractivity contribution in [2.24, 2.45) is 22.5 Å². The van der Waals surface area contributed by atoms with Crippen LogP contribution in [0.15, 0.2) is 12.2 Å². The second kappa shape index (κ2) is 4.21. The number of carboxylic acids is 1. The molecule has 0 bridgehead atoms. The second-order valence-electron chi connectivity index (χ2n) is 6.20. The number of nitrogens with two attached hydrogens (primary N) is 1. The lowest BCUT2D eigenvalue weighted by molar-refractivity contribution is -0.137. The van der Waals surface area contributed by atoms with E-state index in [0.29, 0.717) is 5.92 Å². The van der Waals surface area contributed by atoms with Crippen molar-refractivity contribution in [2.45, 2.75) is 46.6 Å². The molecule has 0 amide bonds. The Morgan fingerprint density at radius 2 is 1.75 bits per heavy atom. The predicted octanol–water partition coefficient (Wildman–Crippen LogP) is 2.42. The zero-order valence-corrected chi connectivity index (χ0v) is 10.7. The van der Waals surface area contributed by atoms with E-state index in [0.717, 1.165) is 0 Å². The van der Waals surface area contributed by atoms with Crippen LogP contribution in [0, 0.1) is 16.7 Å². The molecule has 1 aliphatic rings. The fraction of sp³-hybridized carbons (Fsp3) is 0.769. The van der Waals surface area contributed by atoms with Crippen LogP contribution in [0.25, 0.3) is 0 Å². The SMILES string of the molecule is CC1(C)CCC(C)(C)C1/C=C/C(N)C(=O)O. The van der Waals surface area contributed by atoms with Crippen molar-refractivity contribution in [3.8, 4) is 0 Å². The lowest BCUT2D eigenvalue weighted by Crippen LogP contribution is -2.30. The second-order valence-corrected chi connectivity index (χ2v) is 6.20. The zero-order chi connectivity index (χ0) is 12.6. The van der Waals surface area contributed by atoms with Crippen LogP contribution in [0.2, 0.25) is 0 Å². The van der Waals surface area contributed by atoms with Crippen molar-refractivity contribution in [1.29, 1.82) is 0 Å². The Morgan fingerprint density at radius 3 is 2.12 bits per heavy atom. The average molecular weight is 225 g/mol. The van der Waals surface area contributed by atoms with Crippen molar-refractivity contribution in [1.82, 2.24) is 0 Å². The molecule has 1 atom stereocenters. The largest absolute Gasteiger partial charge is 0.480 e. The lowest BCUT2D eigenvalue weighted by Gasteiger charge is -2.33. The highest BCUT2D eigenvalue weighted by Crippen LogP contribution is 2.54. The number of carboxylic acid groups (broad SMARTS) is 1. The van der Waals surface area contributed by atoms with Crippen molar-refractivity contribution < 1.29 is 9.90 Å². The average Bonchev–Trinajstić information content (AvgIpc) is 2.33. The van der Waals surface area contributed by atoms with Gasteiger partial charge in [0.2, 0.25) is 0 Å². The minimum absolute atomic E-state index is 0.234. The summed E-state index contributed by atoms with van der Waals surface area (Å²) in [5.41, 5.74) is 5.95. The molecular weight excluding hydrogens is 202 g/mol. The molecule has 0 heterocycles. The zero-order valence-electron chi connectivity index (χ0n) is 10.7. The summed E-state index contributed by atoms with van der Waals surface area (Å²) < 4.78 is 0. The van der Waals surface area contributed by atoms with Crippen molar-refractivity contribution in [3.63, 3.8) is 0 Å². The van der Waals surface area contributed by atoms with Crippen molar-refractivity contribution >= 4 is 5.97 Å². The Balaban J connectivity index is 2.82. The van der Waals surface area contributed by atoms with E-state index in [1.54, 1.807) is 6.08 Å². The normalized spacial score (nSPS) is 26.1. The summed E-state index contributed by atoms with van der Waals surface area (Å²) >= 11 is 0. The summed E-state index contributed by atoms with van der Waals surface area (Å²) in [6, 6.07) is -0.882. The Bertz CT molecular complexity index is 289. The fourth-order valence-electron chi connectivity index (χ4n) is 2.85. The molecule has 1 aliphatic carbocycles. The highest BCUT2D eigenvalue weighted by molar-refractivity contribution is 5.75. The third-order valence-corrected chi connectivity index (χ3v) is 3.89. The van der Waals surface area contributed by atoms with Crippen LogP contribution >= 0.6 is 0 Å². The van der Waals surface area contributed by atoms with Gasteiger partial charge in [0.1, 0.15) is 6.04 Å². The maximum Gasteiger partial charge on any atom is 0.324 e. The number of rotatable bonds is 3. The molecule has 0 aromatic carbocycles. The van der Waals surface area contributed by atoms with E-state index in [2.05, 4.69) is 27.7 Å². The van der Waals surface area contributed by atoms with Crippen LogP contribution in [0.1, 0.15) is 40.5 Å². The maximum absolute atomic E-state index is 10.7. The Labute approximate surface area is 97.7 Å². The highest BCUT2D eigenvalue weighted by Gasteiger charge is 2.45. The molecule has 1 unspecified atom stereocenters. The summed E-state index contributed by atoms with van der Waals surface area (Å²) in [4.78, 5) is 10.7. The standard InChI is InChI=1S/C13H23NO2/c1-12(2)7-8-13(3,4)10(12)6-5-9(14)11(15)16/h5-6,9-10H,7-8,14H2,1-4H3,(H,15,16)/b6-5+. The topological polar surface area (TPSA) is 63.3 Å². The van der Waals surface area contributed by atoms with Gasteiger partial charge in [0.25, 0.3) is 0 Å². The number of hydrogen-bond donors (Lipinski definition) is 2. The summed E-state index contributed by atoms with van der Waals surface area (Å²) in [6.07, 6.45) is 5.99. The van der Waals surface area contributed by atoms with Crippen molar-refractivity contribution in [3.05, 3.63) is 12.2 Å². The summed E-state index contributed by atoms with van der Waals surface area (Å²) in [5.74, 6) is -0.574. The first-order valence-corrected chi connectivity index (χ1v) is 5.83. The van der Waals surface area contributed by atoms with Crippen LogP contribution in [-0.4, -0.2) is 17.1 Å². The molecule has 0 aliphatic heterocycles. The molecule has 1 fully saturated rings. The molecule has 1 saturated carbocycles. The van der Waals surface area contributed by atoms with E-state index in [-0.39, 0.29) is 10.8 Å². The predicted molar refractivity (Wildman–Crippen MR) is 65.0 cm³/mol. The lowest BCUT2D eigenvalue weighted by atomic mass is 9.72. The fourth-order valence-corrected chi connectivity index (χ4v) is 2.85. The molecule has 16 heavy (non-hydrogen) atoms. The van der Waals surface area contributed by atoms with Gasteiger partial charge in [-0.15, -0.1) is 0 Å². The van der Waals surface area contributed by atoms with Crippen LogP contribution in [-0.2, 0) is 4.79 Å². The first kappa shape index (κ1) is 13.2. The summed E-state index contributed by atoms with van der Waals surface area (Å²) in [7, 11) is 0.